The first kappa shape index (κ1) is 128. The van der Waals surface area contributed by atoms with Crippen molar-refractivity contribution in [3.63, 3.8) is 0 Å². The summed E-state index contributed by atoms with van der Waals surface area (Å²) in [6.07, 6.45) is 13.3. The summed E-state index contributed by atoms with van der Waals surface area (Å²) in [5, 5.41) is 33.4. The van der Waals surface area contributed by atoms with Gasteiger partial charge in [-0.05, 0) is 130 Å². The van der Waals surface area contributed by atoms with Crippen LogP contribution in [0, 0.1) is 90.7 Å². The molecule has 0 aromatic carbocycles. The molecule has 0 spiro atoms. The van der Waals surface area contributed by atoms with Crippen LogP contribution in [0.4, 0.5) is 14.4 Å². The molecule has 3 aliphatic heterocycles. The zero-order valence-electron chi connectivity index (χ0n) is 94.2. The number of Topliss-reactive ketones (excluding diaryl/α,β-unsaturated/α-hetero) is 3. The number of ketones is 3. The number of likely N-dealkylation sites (tertiary alicyclic amines) is 3. The zero-order valence-corrected chi connectivity index (χ0v) is 96.7. The fourth-order valence-electron chi connectivity index (χ4n) is 20.9. The van der Waals surface area contributed by atoms with Crippen molar-refractivity contribution in [2.75, 3.05) is 113 Å². The number of urea groups is 3. The lowest BCUT2D eigenvalue weighted by Crippen LogP contribution is -2.63. The second-order valence-corrected chi connectivity index (χ2v) is 55.9. The van der Waals surface area contributed by atoms with E-state index in [0.29, 0.717) is 38.9 Å². The number of carbonyl (C=O) groups is 15. The number of hydrogen-bond donors (Lipinski definition) is 12. The Morgan fingerprint density at radius 3 is 1.01 bits per heavy atom. The highest BCUT2D eigenvalue weighted by Crippen LogP contribution is 2.67. The molecular formula is C104H182N20O21S3. The van der Waals surface area contributed by atoms with Crippen molar-refractivity contribution >= 4 is 119 Å². The molecule has 0 aromatic heterocycles. The Morgan fingerprint density at radius 2 is 0.709 bits per heavy atom. The summed E-state index contributed by atoms with van der Waals surface area (Å²) in [6, 6.07) is -12.4. The van der Waals surface area contributed by atoms with Gasteiger partial charge in [-0.15, -0.1) is 19.7 Å². The predicted molar refractivity (Wildman–Crippen MR) is 570 cm³/mol. The van der Waals surface area contributed by atoms with Crippen molar-refractivity contribution in [3.8, 4) is 0 Å². The smallest absolute Gasteiger partial charge is 0.315 e. The maximum absolute atomic E-state index is 14.6. The van der Waals surface area contributed by atoms with Crippen LogP contribution >= 0.6 is 0 Å². The predicted octanol–water partition coefficient (Wildman–Crippen LogP) is 6.33. The van der Waals surface area contributed by atoms with Crippen molar-refractivity contribution in [1.29, 1.82) is 0 Å². The molecule has 3 unspecified atom stereocenters. The summed E-state index contributed by atoms with van der Waals surface area (Å²) < 4.78 is 82.3. The molecule has 5 aliphatic carbocycles. The molecule has 148 heavy (non-hydrogen) atoms. The second-order valence-electron chi connectivity index (χ2n) is 49.1. The zero-order chi connectivity index (χ0) is 113. The molecule has 3 saturated heterocycles. The van der Waals surface area contributed by atoms with Gasteiger partial charge < -0.3 is 78.5 Å². The van der Waals surface area contributed by atoms with Gasteiger partial charge >= 0.3 is 18.1 Å². The number of sulfonamides is 1. The molecule has 5 saturated carbocycles. The number of nitrogens with one attached hydrogen (secondary N) is 12. The van der Waals surface area contributed by atoms with Crippen molar-refractivity contribution < 1.29 is 97.2 Å². The first-order valence-electron chi connectivity index (χ1n) is 52.6. The molecule has 8 aliphatic rings. The molecule has 41 nitrogen and oxygen atoms in total. The van der Waals surface area contributed by atoms with Gasteiger partial charge in [0.15, 0.2) is 0 Å². The van der Waals surface area contributed by atoms with Crippen molar-refractivity contribution in [3.05, 3.63) is 38.0 Å². The van der Waals surface area contributed by atoms with Crippen LogP contribution in [-0.4, -0.2) is 336 Å². The average Bonchev–Trinajstić information content (AvgIpc) is 1.53. The van der Waals surface area contributed by atoms with E-state index >= 15 is 0 Å². The first-order valence-corrected chi connectivity index (χ1v) is 57.0. The van der Waals surface area contributed by atoms with Crippen molar-refractivity contribution in [1.82, 2.24) is 100 Å². The van der Waals surface area contributed by atoms with Crippen LogP contribution < -0.4 is 63.8 Å². The van der Waals surface area contributed by atoms with Crippen LogP contribution in [0.2, 0.25) is 0 Å². The van der Waals surface area contributed by atoms with E-state index in [1.54, 1.807) is 18.7 Å². The van der Waals surface area contributed by atoms with Gasteiger partial charge in [-0.1, -0.05) is 236 Å². The third-order valence-electron chi connectivity index (χ3n) is 31.4. The maximum Gasteiger partial charge on any atom is 0.315 e. The Morgan fingerprint density at radius 1 is 0.392 bits per heavy atom. The van der Waals surface area contributed by atoms with Crippen molar-refractivity contribution in [2.24, 2.45) is 90.7 Å². The number of amides is 15. The molecule has 8 fully saturated rings. The minimum absolute atomic E-state index is 0.00947. The highest BCUT2D eigenvalue weighted by molar-refractivity contribution is 7.89. The van der Waals surface area contributed by atoms with Gasteiger partial charge in [-0.2, -0.15) is 34.1 Å². The van der Waals surface area contributed by atoms with Gasteiger partial charge in [0.1, 0.15) is 36.3 Å². The summed E-state index contributed by atoms with van der Waals surface area (Å²) >= 11 is 0. The molecule has 18 atom stereocenters. The van der Waals surface area contributed by atoms with Gasteiger partial charge in [0.2, 0.25) is 62.8 Å². The third kappa shape index (κ3) is 32.3. The molecule has 12 N–H and O–H groups in total. The summed E-state index contributed by atoms with van der Waals surface area (Å²) in [6.45, 7) is 59.7. The highest BCUT2D eigenvalue weighted by Gasteiger charge is 2.73. The molecule has 8 rings (SSSR count). The molecule has 15 amide bonds. The van der Waals surface area contributed by atoms with Crippen LogP contribution in [0.1, 0.15) is 257 Å². The lowest BCUT2D eigenvalue weighted by atomic mass is 9.83. The average molecular weight is 2140 g/mol. The first-order chi connectivity index (χ1) is 68.0. The van der Waals surface area contributed by atoms with Crippen LogP contribution in [0.25, 0.3) is 0 Å². The number of unbranched alkanes of at least 4 members (excludes halogenated alkanes) is 1. The number of hydrogen-bond acceptors (Lipinski definition) is 21. The Bertz CT molecular complexity index is 5140. The van der Waals surface area contributed by atoms with Crippen molar-refractivity contribution in [2.45, 2.75) is 329 Å². The van der Waals surface area contributed by atoms with E-state index in [9.17, 15) is 97.2 Å². The largest absolute Gasteiger partial charge is 0.346 e. The van der Waals surface area contributed by atoms with E-state index in [-0.39, 0.29) is 134 Å². The van der Waals surface area contributed by atoms with Gasteiger partial charge in [0, 0.05) is 126 Å². The van der Waals surface area contributed by atoms with E-state index in [4.69, 9.17) is 0 Å². The number of nitrogens with zero attached hydrogens (tertiary/aromatic N) is 8. The van der Waals surface area contributed by atoms with Gasteiger partial charge in [0.05, 0.1) is 23.9 Å². The molecule has 842 valence electrons. The molecule has 3 heterocycles. The van der Waals surface area contributed by atoms with E-state index < -0.39 is 213 Å². The SMILES string of the molecule is C=CCNC(=O)C(=O)C(CC1CC1)NC(=O)[C@@H]1[C@@H]2[C@H](CN1C(=O)[C@@H](NC(=O)N[C@H](CN(CC)S(=O)(=O)CC)C(C)(C)C)C(C)(C)C)C2(C)C.C=CCNC(=O)C(=O)C(CCC)NC(=O)[C@@H]1[C@@H]2[C@H](CN1C(=O)[C@@H](NC(=O)N[C@H](CN(C)S(=O)(=O)N(C)C)C(C)(C)C)C1CCCCC1)C2(C)C.C=CCNC(=O)C(=O)C(CCCC)NC(=O)[C@@H]1[C@@H]2[C@H](CN1C(=O)[C@@H](NC(=O)N[C@H](CN(C)S(=O)(=O)N(C)C)C(C)(C)C)C(C)(C)C)C2(C)C. The molecule has 44 heteroatoms. The molecular weight excluding hydrogens is 1960 g/mol. The molecule has 0 aromatic rings. The Labute approximate surface area is 882 Å². The highest BCUT2D eigenvalue weighted by atomic mass is 32.2. The molecule has 0 radical (unpaired) electrons. The summed E-state index contributed by atoms with van der Waals surface area (Å²) in [4.78, 5) is 208. The fourth-order valence-corrected chi connectivity index (χ4v) is 23.9. The Hall–Kier alpha value is -9.08. The summed E-state index contributed by atoms with van der Waals surface area (Å²) in [5.74, 6) is -7.58. The monoisotopic (exact) mass is 2140 g/mol. The van der Waals surface area contributed by atoms with Crippen LogP contribution in [-0.2, 0) is 88.0 Å². The number of carbonyl (C=O) groups excluding carboxylic acids is 15. The second kappa shape index (κ2) is 51.1. The van der Waals surface area contributed by atoms with Crippen LogP contribution in [0.3, 0.4) is 0 Å². The van der Waals surface area contributed by atoms with E-state index in [2.05, 4.69) is 111 Å². The molecule has 0 bridgehead atoms. The number of rotatable bonds is 48. The van der Waals surface area contributed by atoms with Gasteiger partial charge in [0.25, 0.3) is 38.1 Å². The number of fused-ring (bicyclic) bond motifs is 3. The number of piperidine rings is 3. The topological polar surface area (TPSA) is 529 Å². The van der Waals surface area contributed by atoms with Gasteiger partial charge in [-0.25, -0.2) is 27.1 Å². The lowest BCUT2D eigenvalue weighted by Gasteiger charge is -2.39. The lowest BCUT2D eigenvalue weighted by molar-refractivity contribution is -0.145. The van der Waals surface area contributed by atoms with E-state index in [1.807, 2.05) is 132 Å². The fraction of sp³-hybridized carbons (Fsp3) is 0.798. The van der Waals surface area contributed by atoms with Crippen LogP contribution in [0.15, 0.2) is 38.0 Å². The Balaban J connectivity index is 0.000000339. The summed E-state index contributed by atoms with van der Waals surface area (Å²) in [5.41, 5.74) is -3.75. The standard InChI is InChI=1S/C35H61N7O7S.C35H60N6O7S.C34H61N7O7S/c1-11-16-24(29(43)31(45)36-19-12-2)37-30(44)28-26-23(35(26,6)7)20-42(28)32(46)27(22-17-14-13-15-18-22)39-33(47)38-25(34(3,4)5)21-41(10)50(48,49)40(8)9;1-12-17-36-30(44)27(42)23(18-21-15-16-21)37-29(43)26-25-22(35(25,10)11)19-41(26)31(45)28(34(7,8)9)39-32(46)38-24(33(4,5)6)20-40(13-2)49(47,48)14-3;1-14-16-17-22(26(42)29(44)35-18-15-2)36-28(43)25-24-21(34(24,9)10)19-41(25)30(45)27(33(6,7)8)38-31(46)37-23(32(3,4)5)20-40(13)49(47,48)39(11)12/h12,22-28H,2,11,13-21H2,1,3-10H3,(H,36,45)(H,37,44)(H2,38,39,47);12,21-26,28H,1,13-20H2,2-11H3,(H,36,44)(H,37,43)(H2,38,39,46);15,21-25,27H,2,14,16-20H2,1,3-13H3,(H,35,44)(H,36,43)(H2,37,38,46)/t23-,24?,25+,26-,27-,28-;22-,23?,24+,25-,26-,28+;21-,22?,23+,24-,25-,27+/m000/s1. The minimum Gasteiger partial charge on any atom is -0.346 e. The minimum atomic E-state index is -3.74. The van der Waals surface area contributed by atoms with E-state index in [0.717, 1.165) is 60.0 Å². The quantitative estimate of drug-likeness (QED) is 0.0234. The Kier molecular flexibility index (Phi) is 44.1. The number of likely N-dealkylation sites (N-methyl/N-ethyl adjacent to an activating group) is 3. The van der Waals surface area contributed by atoms with Crippen LogP contribution in [0.5, 0.6) is 0 Å². The van der Waals surface area contributed by atoms with E-state index in [1.165, 1.54) is 83.2 Å². The third-order valence-corrected chi connectivity index (χ3v) is 37.0. The summed E-state index contributed by atoms with van der Waals surface area (Å²) in [7, 11) is -2.35. The normalized spacial score (nSPS) is 23.1. The van der Waals surface area contributed by atoms with Gasteiger partial charge in [-0.3, -0.25) is 57.5 Å². The maximum atomic E-state index is 14.6.